The van der Waals surface area contributed by atoms with Gasteiger partial charge in [0.25, 0.3) is 0 Å². The fourth-order valence-electron chi connectivity index (χ4n) is 2.38. The van der Waals surface area contributed by atoms with E-state index in [-0.39, 0.29) is 42.8 Å². The third kappa shape index (κ3) is 15.2. The van der Waals surface area contributed by atoms with Gasteiger partial charge in [0.1, 0.15) is 24.9 Å². The molecule has 14 heteroatoms. The van der Waals surface area contributed by atoms with Gasteiger partial charge in [-0.2, -0.15) is 7.11 Å². The second-order valence-electron chi connectivity index (χ2n) is 6.12. The smallest absolute Gasteiger partial charge is 0.857 e. The number of hydrogen-bond acceptors (Lipinski definition) is 13. The van der Waals surface area contributed by atoms with Crippen LogP contribution in [0.25, 0.3) is 0 Å². The number of carbonyl (C=O) groups is 3. The SMILES string of the molecule is CC(=O)OCC1OC=CC(OC(C)=O)C1OC(C)=O.CO.C[O-].OCC1OC=CC(O)C1O.[Na+]. The number of rotatable bonds is 5. The van der Waals surface area contributed by atoms with E-state index in [2.05, 4.69) is 0 Å². The Balaban J connectivity index is -0.000000541. The van der Waals surface area contributed by atoms with Crippen LogP contribution in [0.3, 0.4) is 0 Å². The van der Waals surface area contributed by atoms with Gasteiger partial charge in [-0.15, -0.1) is 0 Å². The number of hydrogen-bond donors (Lipinski definition) is 4. The average Bonchev–Trinajstić information content (AvgIpc) is 2.78. The predicted octanol–water partition coefficient (Wildman–Crippen LogP) is -5.47. The van der Waals surface area contributed by atoms with Crippen LogP contribution in [0.15, 0.2) is 24.7 Å². The first-order valence-corrected chi connectivity index (χ1v) is 9.60. The van der Waals surface area contributed by atoms with Gasteiger partial charge in [-0.3, -0.25) is 14.4 Å². The van der Waals surface area contributed by atoms with E-state index >= 15 is 0 Å². The molecule has 6 unspecified atom stereocenters. The first-order chi connectivity index (χ1) is 15.6. The second-order valence-corrected chi connectivity index (χ2v) is 6.12. The molecule has 0 aromatic rings. The molecule has 0 aliphatic carbocycles. The third-order valence-corrected chi connectivity index (χ3v) is 3.71. The molecule has 2 heterocycles. The average molecular weight is 504 g/mol. The fourth-order valence-corrected chi connectivity index (χ4v) is 2.38. The van der Waals surface area contributed by atoms with E-state index in [0.29, 0.717) is 0 Å². The first-order valence-electron chi connectivity index (χ1n) is 9.60. The maximum Gasteiger partial charge on any atom is 1.00 e. The van der Waals surface area contributed by atoms with Gasteiger partial charge in [0.2, 0.25) is 0 Å². The zero-order chi connectivity index (χ0) is 26.0. The fraction of sp³-hybridized carbons (Fsp3) is 0.650. The van der Waals surface area contributed by atoms with Crippen molar-refractivity contribution in [2.45, 2.75) is 57.4 Å². The normalized spacial score (nSPS) is 25.9. The summed E-state index contributed by atoms with van der Waals surface area (Å²) in [5.74, 6) is -1.54. The van der Waals surface area contributed by atoms with Crippen molar-refractivity contribution in [3.63, 3.8) is 0 Å². The molecule has 0 amide bonds. The Bertz CT molecular complexity index is 626. The number of esters is 3. The quantitative estimate of drug-likeness (QED) is 0.157. The topological polar surface area (TPSA) is 201 Å². The monoisotopic (exact) mass is 504 g/mol. The Morgan fingerprint density at radius 1 is 0.882 bits per heavy atom. The Labute approximate surface area is 220 Å². The van der Waals surface area contributed by atoms with Gasteiger partial charge in [-0.1, -0.05) is 0 Å². The van der Waals surface area contributed by atoms with Gasteiger partial charge < -0.3 is 49.2 Å². The van der Waals surface area contributed by atoms with E-state index < -0.39 is 54.5 Å². The van der Waals surface area contributed by atoms with Crippen LogP contribution in [0.5, 0.6) is 0 Å². The molecule has 0 bridgehead atoms. The van der Waals surface area contributed by atoms with E-state index in [1.54, 1.807) is 0 Å². The number of aliphatic hydroxyl groups excluding tert-OH is 4. The molecule has 34 heavy (non-hydrogen) atoms. The van der Waals surface area contributed by atoms with Gasteiger partial charge in [0.05, 0.1) is 19.1 Å². The minimum atomic E-state index is -1.02. The van der Waals surface area contributed by atoms with Crippen molar-refractivity contribution in [1.29, 1.82) is 0 Å². The van der Waals surface area contributed by atoms with E-state index in [9.17, 15) is 14.4 Å². The Hall–Kier alpha value is -1.71. The minimum Gasteiger partial charge on any atom is -0.857 e. The molecular formula is C20H33NaO13. The molecular weight excluding hydrogens is 471 g/mol. The molecule has 2 rings (SSSR count). The summed E-state index contributed by atoms with van der Waals surface area (Å²) in [6.07, 6.45) is 0.403. The van der Waals surface area contributed by atoms with Crippen molar-refractivity contribution in [3.8, 4) is 0 Å². The van der Waals surface area contributed by atoms with Gasteiger partial charge in [-0.05, 0) is 12.2 Å². The van der Waals surface area contributed by atoms with Crippen LogP contribution in [0.4, 0.5) is 0 Å². The number of aliphatic hydroxyl groups is 4. The molecule has 0 aromatic heterocycles. The number of ether oxygens (including phenoxy) is 5. The van der Waals surface area contributed by atoms with Crippen molar-refractivity contribution >= 4 is 17.9 Å². The second kappa shape index (κ2) is 21.8. The maximum atomic E-state index is 11.1. The Morgan fingerprint density at radius 3 is 1.82 bits per heavy atom. The molecule has 6 atom stereocenters. The molecule has 192 valence electrons. The first kappa shape index (κ1) is 36.9. The predicted molar refractivity (Wildman–Crippen MR) is 109 cm³/mol. The molecule has 4 N–H and O–H groups in total. The number of carbonyl (C=O) groups excluding carboxylic acids is 3. The Kier molecular flexibility index (Phi) is 23.6. The molecule has 0 saturated heterocycles. The summed E-state index contributed by atoms with van der Waals surface area (Å²) in [5, 5.41) is 41.8. The van der Waals surface area contributed by atoms with Crippen molar-refractivity contribution < 1.29 is 93.2 Å². The largest absolute Gasteiger partial charge is 1.00 e. The van der Waals surface area contributed by atoms with Crippen LogP contribution in [0.2, 0.25) is 0 Å². The van der Waals surface area contributed by atoms with Crippen LogP contribution in [0.1, 0.15) is 20.8 Å². The van der Waals surface area contributed by atoms with Crippen LogP contribution in [-0.4, -0.2) is 102 Å². The third-order valence-electron chi connectivity index (χ3n) is 3.71. The van der Waals surface area contributed by atoms with Crippen LogP contribution < -0.4 is 34.7 Å². The van der Waals surface area contributed by atoms with Gasteiger partial charge >= 0.3 is 47.5 Å². The van der Waals surface area contributed by atoms with Gasteiger partial charge in [0.15, 0.2) is 18.3 Å². The summed E-state index contributed by atoms with van der Waals surface area (Å²) in [7, 11) is 1.75. The van der Waals surface area contributed by atoms with Crippen LogP contribution in [-0.2, 0) is 38.1 Å². The molecule has 2 aliphatic rings. The van der Waals surface area contributed by atoms with Crippen molar-refractivity contribution in [3.05, 3.63) is 24.7 Å². The van der Waals surface area contributed by atoms with Crippen molar-refractivity contribution in [2.75, 3.05) is 27.4 Å². The minimum absolute atomic E-state index is 0. The standard InChI is InChI=1S/C12H16O7.C6H10O4.CH4O.CH3O.Na/c1-7(13)17-6-11-12(19-9(3)15)10(4-5-16-11)18-8(2)14;7-3-5-6(9)4(8)1-2-10-5;2*1-2;/h4-5,10-12H,6H2,1-3H3;1-2,4-9H,3H2;2H,1H3;1H3;/q;;;-1;+1. The summed E-state index contributed by atoms with van der Waals surface area (Å²) in [4.78, 5) is 32.9. The summed E-state index contributed by atoms with van der Waals surface area (Å²) in [6, 6.07) is 0. The maximum absolute atomic E-state index is 11.1. The van der Waals surface area contributed by atoms with E-state index in [0.717, 1.165) is 14.2 Å². The molecule has 13 nitrogen and oxygen atoms in total. The molecule has 0 saturated carbocycles. The van der Waals surface area contributed by atoms with E-state index in [1.807, 2.05) is 0 Å². The van der Waals surface area contributed by atoms with E-state index in [1.165, 1.54) is 45.4 Å². The zero-order valence-electron chi connectivity index (χ0n) is 20.2. The van der Waals surface area contributed by atoms with Gasteiger partial charge in [-0.25, -0.2) is 0 Å². The molecule has 0 aromatic carbocycles. The van der Waals surface area contributed by atoms with Crippen LogP contribution in [0, 0.1) is 0 Å². The van der Waals surface area contributed by atoms with Gasteiger partial charge in [0, 0.05) is 27.9 Å². The summed E-state index contributed by atoms with van der Waals surface area (Å²) in [5.41, 5.74) is 0. The molecule has 0 spiro atoms. The Morgan fingerprint density at radius 2 is 1.38 bits per heavy atom. The van der Waals surface area contributed by atoms with Crippen molar-refractivity contribution in [1.82, 2.24) is 0 Å². The van der Waals surface area contributed by atoms with Crippen molar-refractivity contribution in [2.24, 2.45) is 0 Å². The molecule has 0 radical (unpaired) electrons. The summed E-state index contributed by atoms with van der Waals surface area (Å²) < 4.78 is 24.9. The molecule has 2 aliphatic heterocycles. The van der Waals surface area contributed by atoms with E-state index in [4.69, 9.17) is 49.2 Å². The summed E-state index contributed by atoms with van der Waals surface area (Å²) in [6.45, 7) is 3.34. The van der Waals surface area contributed by atoms with Crippen LogP contribution >= 0.6 is 0 Å². The summed E-state index contributed by atoms with van der Waals surface area (Å²) >= 11 is 0. The zero-order valence-corrected chi connectivity index (χ0v) is 22.2. The molecule has 0 fully saturated rings.